The number of hydrogen-bond acceptors (Lipinski definition) is 5. The Balaban J connectivity index is 1.66. The second kappa shape index (κ2) is 10.2. The minimum atomic E-state index is -0.485. The van der Waals surface area contributed by atoms with Crippen molar-refractivity contribution in [3.8, 4) is 17.3 Å². The zero-order valence-corrected chi connectivity index (χ0v) is 21.0. The van der Waals surface area contributed by atoms with Crippen LogP contribution in [0.3, 0.4) is 0 Å². The molecule has 1 atom stereocenters. The zero-order valence-electron chi connectivity index (χ0n) is 21.0. The summed E-state index contributed by atoms with van der Waals surface area (Å²) in [6.07, 6.45) is 1.99. The van der Waals surface area contributed by atoms with Crippen LogP contribution in [0.5, 0.6) is 5.75 Å². The number of para-hydroxylation sites is 1. The molecule has 0 saturated heterocycles. The van der Waals surface area contributed by atoms with E-state index < -0.39 is 12.0 Å². The fourth-order valence-corrected chi connectivity index (χ4v) is 4.77. The molecule has 0 fully saturated rings. The smallest absolute Gasteiger partial charge is 0.325 e. The first-order valence-corrected chi connectivity index (χ1v) is 12.2. The maximum absolute atomic E-state index is 13.7. The summed E-state index contributed by atoms with van der Waals surface area (Å²) in [5.74, 6) is 1.08. The van der Waals surface area contributed by atoms with Gasteiger partial charge in [-0.1, -0.05) is 30.3 Å². The maximum atomic E-state index is 13.7. The number of urea groups is 1. The highest BCUT2D eigenvalue weighted by molar-refractivity contribution is 5.81. The van der Waals surface area contributed by atoms with Crippen molar-refractivity contribution in [2.75, 3.05) is 20.3 Å². The van der Waals surface area contributed by atoms with E-state index in [0.29, 0.717) is 5.75 Å². The van der Waals surface area contributed by atoms with Crippen molar-refractivity contribution in [3.05, 3.63) is 95.4 Å². The van der Waals surface area contributed by atoms with Crippen molar-refractivity contribution < 1.29 is 19.1 Å². The van der Waals surface area contributed by atoms with E-state index in [0.717, 1.165) is 34.0 Å². The van der Waals surface area contributed by atoms with Crippen LogP contribution in [-0.4, -0.2) is 51.5 Å². The zero-order chi connectivity index (χ0) is 25.9. The largest absolute Gasteiger partial charge is 0.497 e. The van der Waals surface area contributed by atoms with Gasteiger partial charge in [-0.2, -0.15) is 5.10 Å². The van der Waals surface area contributed by atoms with Gasteiger partial charge in [0.25, 0.3) is 0 Å². The summed E-state index contributed by atoms with van der Waals surface area (Å²) in [7, 11) is 1.62. The second-order valence-electron chi connectivity index (χ2n) is 8.71. The van der Waals surface area contributed by atoms with Crippen LogP contribution in [0.15, 0.2) is 72.9 Å². The quantitative estimate of drug-likeness (QED) is 0.403. The Hall–Kier alpha value is -4.53. The van der Waals surface area contributed by atoms with Gasteiger partial charge in [0.2, 0.25) is 0 Å². The number of nitrogens with one attached hydrogen (secondary N) is 1. The fraction of sp³-hybridized carbons (Fsp3) is 0.250. The third-order valence-electron chi connectivity index (χ3n) is 6.45. The van der Waals surface area contributed by atoms with Crippen molar-refractivity contribution in [3.63, 3.8) is 0 Å². The van der Waals surface area contributed by atoms with Crippen LogP contribution >= 0.6 is 0 Å². The lowest BCUT2D eigenvalue weighted by Gasteiger charge is -2.31. The van der Waals surface area contributed by atoms with E-state index in [1.165, 1.54) is 0 Å². The lowest BCUT2D eigenvalue weighted by Crippen LogP contribution is -2.44. The summed E-state index contributed by atoms with van der Waals surface area (Å²) >= 11 is 0. The average molecular weight is 500 g/mol. The fourth-order valence-electron chi connectivity index (χ4n) is 4.77. The van der Waals surface area contributed by atoms with Crippen molar-refractivity contribution in [2.24, 2.45) is 0 Å². The predicted molar refractivity (Wildman–Crippen MR) is 138 cm³/mol. The van der Waals surface area contributed by atoms with Crippen LogP contribution in [0, 0.1) is 6.92 Å². The Morgan fingerprint density at radius 3 is 2.65 bits per heavy atom. The number of benzene rings is 2. The molecule has 4 aromatic rings. The first kappa shape index (κ1) is 24.2. The second-order valence-corrected chi connectivity index (χ2v) is 8.71. The van der Waals surface area contributed by atoms with Crippen molar-refractivity contribution in [1.29, 1.82) is 0 Å². The SMILES string of the molecule is CCOC(=O)CNC(=O)N1Cc2c(C)nn(-c3ccccc3)c2-n2cccc2C1c1cccc(OC)c1. The molecule has 3 heterocycles. The predicted octanol–water partition coefficient (Wildman–Crippen LogP) is 4.16. The van der Waals surface area contributed by atoms with Crippen LogP contribution in [0.25, 0.3) is 11.5 Å². The summed E-state index contributed by atoms with van der Waals surface area (Å²) < 4.78 is 14.5. The number of methoxy groups -OCH3 is 1. The summed E-state index contributed by atoms with van der Waals surface area (Å²) in [5, 5.41) is 7.59. The van der Waals surface area contributed by atoms with Crippen LogP contribution in [0.1, 0.15) is 35.5 Å². The summed E-state index contributed by atoms with van der Waals surface area (Å²) in [5.41, 5.74) is 4.42. The van der Waals surface area contributed by atoms with Crippen molar-refractivity contribution >= 4 is 12.0 Å². The molecule has 1 aliphatic rings. The molecule has 190 valence electrons. The number of carbonyl (C=O) groups excluding carboxylic acids is 2. The lowest BCUT2D eigenvalue weighted by molar-refractivity contribution is -0.141. The van der Waals surface area contributed by atoms with Gasteiger partial charge in [-0.3, -0.25) is 4.79 Å². The molecule has 2 amide bonds. The number of fused-ring (bicyclic) bond motifs is 3. The van der Waals surface area contributed by atoms with Gasteiger partial charge in [0, 0.05) is 11.8 Å². The van der Waals surface area contributed by atoms with E-state index in [4.69, 9.17) is 14.6 Å². The minimum Gasteiger partial charge on any atom is -0.497 e. The normalized spacial score (nSPS) is 14.4. The van der Waals surface area contributed by atoms with Crippen molar-refractivity contribution in [2.45, 2.75) is 26.4 Å². The number of hydrogen-bond donors (Lipinski definition) is 1. The van der Waals surface area contributed by atoms with Crippen LogP contribution < -0.4 is 10.1 Å². The van der Waals surface area contributed by atoms with Gasteiger partial charge < -0.3 is 24.3 Å². The van der Waals surface area contributed by atoms with Crippen LogP contribution in [0.2, 0.25) is 0 Å². The molecule has 0 radical (unpaired) electrons. The van der Waals surface area contributed by atoms with Gasteiger partial charge in [0.05, 0.1) is 43.4 Å². The molecule has 1 N–H and O–H groups in total. The summed E-state index contributed by atoms with van der Waals surface area (Å²) in [6.45, 7) is 3.99. The van der Waals surface area contributed by atoms with E-state index >= 15 is 0 Å². The number of carbonyl (C=O) groups is 2. The molecule has 9 nitrogen and oxygen atoms in total. The van der Waals surface area contributed by atoms with Gasteiger partial charge in [0.1, 0.15) is 18.1 Å². The minimum absolute atomic E-state index is 0.218. The van der Waals surface area contributed by atoms with Gasteiger partial charge in [0.15, 0.2) is 0 Å². The molecule has 9 heteroatoms. The van der Waals surface area contributed by atoms with Crippen LogP contribution in [0.4, 0.5) is 4.79 Å². The molecule has 0 spiro atoms. The Kier molecular flexibility index (Phi) is 6.68. The molecule has 0 aliphatic carbocycles. The number of rotatable bonds is 6. The summed E-state index contributed by atoms with van der Waals surface area (Å²) in [6, 6.07) is 20.7. The van der Waals surface area contributed by atoms with Gasteiger partial charge in [-0.15, -0.1) is 0 Å². The number of ether oxygens (including phenoxy) is 2. The van der Waals surface area contributed by atoms with Gasteiger partial charge in [-0.05, 0) is 55.8 Å². The highest BCUT2D eigenvalue weighted by Gasteiger charge is 2.36. The molecule has 0 bridgehead atoms. The van der Waals surface area contributed by atoms with E-state index in [2.05, 4.69) is 9.88 Å². The van der Waals surface area contributed by atoms with E-state index in [1.54, 1.807) is 18.9 Å². The first-order chi connectivity index (χ1) is 18.0. The molecular formula is C28H29N5O4. The van der Waals surface area contributed by atoms with Crippen LogP contribution in [-0.2, 0) is 16.1 Å². The van der Waals surface area contributed by atoms with Gasteiger partial charge in [-0.25, -0.2) is 9.48 Å². The van der Waals surface area contributed by atoms with Gasteiger partial charge >= 0.3 is 12.0 Å². The third-order valence-corrected chi connectivity index (χ3v) is 6.45. The maximum Gasteiger partial charge on any atom is 0.325 e. The molecular weight excluding hydrogens is 470 g/mol. The Labute approximate surface area is 215 Å². The third kappa shape index (κ3) is 4.55. The molecule has 2 aromatic carbocycles. The number of aromatic nitrogens is 3. The molecule has 37 heavy (non-hydrogen) atoms. The molecule has 5 rings (SSSR count). The molecule has 0 saturated carbocycles. The van der Waals surface area contributed by atoms with Crippen molar-refractivity contribution in [1.82, 2.24) is 24.6 Å². The lowest BCUT2D eigenvalue weighted by atomic mass is 10.0. The topological polar surface area (TPSA) is 90.6 Å². The highest BCUT2D eigenvalue weighted by atomic mass is 16.5. The highest BCUT2D eigenvalue weighted by Crippen LogP contribution is 2.39. The Morgan fingerprint density at radius 1 is 1.08 bits per heavy atom. The van der Waals surface area contributed by atoms with E-state index in [-0.39, 0.29) is 25.7 Å². The summed E-state index contributed by atoms with van der Waals surface area (Å²) in [4.78, 5) is 27.4. The van der Waals surface area contributed by atoms with E-state index in [9.17, 15) is 9.59 Å². The number of esters is 1. The average Bonchev–Trinajstić information content (AvgIpc) is 3.48. The standard InChI is InChI=1S/C28H29N5O4/c1-4-37-25(34)17-29-28(35)32-18-23-19(2)30-33(21-11-6-5-7-12-21)27(23)31-15-9-14-24(31)26(32)20-10-8-13-22(16-20)36-3/h5-16,26H,4,17-18H2,1-3H3,(H,29,35). The molecule has 1 unspecified atom stereocenters. The number of aryl methyl sites for hydroxylation is 1. The molecule has 2 aromatic heterocycles. The Bertz CT molecular complexity index is 1430. The number of nitrogens with zero attached hydrogens (tertiary/aromatic N) is 4. The van der Waals surface area contributed by atoms with E-state index in [1.807, 2.05) is 84.5 Å². The monoisotopic (exact) mass is 499 g/mol. The number of amides is 2. The Morgan fingerprint density at radius 2 is 1.89 bits per heavy atom. The first-order valence-electron chi connectivity index (χ1n) is 12.2. The molecule has 1 aliphatic heterocycles.